The van der Waals surface area contributed by atoms with Crippen LogP contribution in [0.4, 0.5) is 11.4 Å². The van der Waals surface area contributed by atoms with Crippen molar-refractivity contribution < 1.29 is 9.72 Å². The molecule has 0 bridgehead atoms. The van der Waals surface area contributed by atoms with E-state index in [9.17, 15) is 14.9 Å². The molecule has 4 aromatic rings. The van der Waals surface area contributed by atoms with Crippen LogP contribution in [0.3, 0.4) is 0 Å². The number of hydrogen-bond acceptors (Lipinski definition) is 5. The molecule has 30 heavy (non-hydrogen) atoms. The van der Waals surface area contributed by atoms with Crippen LogP contribution in [-0.2, 0) is 0 Å². The molecule has 1 amide bonds. The zero-order valence-corrected chi connectivity index (χ0v) is 17.9. The van der Waals surface area contributed by atoms with Gasteiger partial charge in [-0.2, -0.15) is 0 Å². The normalized spacial score (nSPS) is 10.9. The van der Waals surface area contributed by atoms with E-state index in [1.165, 1.54) is 29.5 Å². The molecule has 0 radical (unpaired) electrons. The first-order valence-electron chi connectivity index (χ1n) is 8.44. The number of hydrogen-bond donors (Lipinski definition) is 1. The Bertz CT molecular complexity index is 1290. The minimum Gasteiger partial charge on any atom is -0.321 e. The Morgan fingerprint density at radius 1 is 1.00 bits per heavy atom. The van der Waals surface area contributed by atoms with Crippen LogP contribution in [0.5, 0.6) is 0 Å². The lowest BCUT2D eigenvalue weighted by atomic mass is 10.1. The summed E-state index contributed by atoms with van der Waals surface area (Å²) >= 11 is 20.1. The predicted molar refractivity (Wildman–Crippen MR) is 121 cm³/mol. The van der Waals surface area contributed by atoms with Crippen LogP contribution < -0.4 is 5.32 Å². The van der Waals surface area contributed by atoms with Gasteiger partial charge in [-0.1, -0.05) is 46.9 Å². The highest BCUT2D eigenvalue weighted by molar-refractivity contribution is 7.21. The second-order valence-corrected chi connectivity index (χ2v) is 8.43. The van der Waals surface area contributed by atoms with E-state index < -0.39 is 10.8 Å². The van der Waals surface area contributed by atoms with E-state index in [1.54, 1.807) is 6.07 Å². The van der Waals surface area contributed by atoms with Gasteiger partial charge in [0.2, 0.25) is 0 Å². The van der Waals surface area contributed by atoms with Crippen LogP contribution in [0.15, 0.2) is 54.6 Å². The Morgan fingerprint density at radius 2 is 1.77 bits per heavy atom. The summed E-state index contributed by atoms with van der Waals surface area (Å²) in [5.74, 6) is -0.636. The molecular weight excluding hydrogens is 469 g/mol. The molecule has 0 spiro atoms. The molecule has 0 saturated heterocycles. The van der Waals surface area contributed by atoms with E-state index >= 15 is 0 Å². The minimum absolute atomic E-state index is 0.0431. The average molecular weight is 479 g/mol. The van der Waals surface area contributed by atoms with Gasteiger partial charge >= 0.3 is 0 Å². The molecule has 1 N–H and O–H groups in total. The van der Waals surface area contributed by atoms with Crippen LogP contribution in [0, 0.1) is 10.1 Å². The number of non-ortho nitro benzene ring substituents is 1. The van der Waals surface area contributed by atoms with Crippen molar-refractivity contribution in [1.82, 2.24) is 4.98 Å². The van der Waals surface area contributed by atoms with Crippen molar-refractivity contribution in [2.45, 2.75) is 0 Å². The Balaban J connectivity index is 1.72. The fourth-order valence-corrected chi connectivity index (χ4v) is 4.56. The van der Waals surface area contributed by atoms with Crippen molar-refractivity contribution in [3.05, 3.63) is 85.3 Å². The molecule has 3 aromatic carbocycles. The number of benzene rings is 3. The highest BCUT2D eigenvalue weighted by Gasteiger charge is 2.19. The molecule has 10 heteroatoms. The standard InChI is InChI=1S/C20H10Cl3N3O3S/c21-13-6-5-10(26(28)29)7-11(13)19(27)24-17-8-12(14(22)9-15(17)23)20-25-16-3-1-2-4-18(16)30-20/h1-9H,(H,24,27). The maximum Gasteiger partial charge on any atom is 0.270 e. The van der Waals surface area contributed by atoms with Gasteiger partial charge in [0.15, 0.2) is 0 Å². The second kappa shape index (κ2) is 8.20. The van der Waals surface area contributed by atoms with E-state index in [1.807, 2.05) is 24.3 Å². The molecule has 0 aliphatic carbocycles. The summed E-state index contributed by atoms with van der Waals surface area (Å²) in [6, 6.07) is 14.4. The minimum atomic E-state index is -0.636. The number of fused-ring (bicyclic) bond motifs is 1. The first kappa shape index (κ1) is 20.6. The molecule has 1 aromatic heterocycles. The molecule has 4 rings (SSSR count). The Hall–Kier alpha value is -2.71. The molecule has 0 aliphatic rings. The molecule has 6 nitrogen and oxygen atoms in total. The van der Waals surface area contributed by atoms with Crippen LogP contribution in [0.2, 0.25) is 15.1 Å². The number of aromatic nitrogens is 1. The molecular formula is C20H10Cl3N3O3S. The summed E-state index contributed by atoms with van der Waals surface area (Å²) < 4.78 is 0.993. The van der Waals surface area contributed by atoms with E-state index in [0.29, 0.717) is 15.6 Å². The number of amides is 1. The molecule has 1 heterocycles. The van der Waals surface area contributed by atoms with Crippen molar-refractivity contribution in [3.63, 3.8) is 0 Å². The van der Waals surface area contributed by atoms with Crippen LogP contribution in [-0.4, -0.2) is 15.8 Å². The number of carbonyl (C=O) groups is 1. The number of nitrogens with one attached hydrogen (secondary N) is 1. The van der Waals surface area contributed by atoms with Gasteiger partial charge in [-0.15, -0.1) is 11.3 Å². The Morgan fingerprint density at radius 3 is 2.50 bits per heavy atom. The molecule has 0 saturated carbocycles. The summed E-state index contributed by atoms with van der Waals surface area (Å²) in [7, 11) is 0. The van der Waals surface area contributed by atoms with Crippen molar-refractivity contribution >= 4 is 73.6 Å². The lowest BCUT2D eigenvalue weighted by molar-refractivity contribution is -0.384. The average Bonchev–Trinajstić information content (AvgIpc) is 3.14. The number of thiazole rings is 1. The van der Waals surface area contributed by atoms with E-state index in [-0.39, 0.29) is 27.0 Å². The van der Waals surface area contributed by atoms with Gasteiger partial charge < -0.3 is 5.32 Å². The van der Waals surface area contributed by atoms with Crippen LogP contribution in [0.25, 0.3) is 20.8 Å². The largest absolute Gasteiger partial charge is 0.321 e. The van der Waals surface area contributed by atoms with Gasteiger partial charge in [-0.25, -0.2) is 4.98 Å². The zero-order valence-electron chi connectivity index (χ0n) is 14.9. The number of nitrogens with zero attached hydrogens (tertiary/aromatic N) is 2. The lowest BCUT2D eigenvalue weighted by Crippen LogP contribution is -2.13. The van der Waals surface area contributed by atoms with Gasteiger partial charge in [0.1, 0.15) is 5.01 Å². The SMILES string of the molecule is O=C(Nc1cc(-c2nc3ccccc3s2)c(Cl)cc1Cl)c1cc([N+](=O)[O-])ccc1Cl. The topological polar surface area (TPSA) is 85.1 Å². The first-order chi connectivity index (χ1) is 14.3. The van der Waals surface area contributed by atoms with E-state index in [4.69, 9.17) is 34.8 Å². The third-order valence-corrected chi connectivity index (χ3v) is 6.26. The summed E-state index contributed by atoms with van der Waals surface area (Å²) in [6.07, 6.45) is 0. The molecule has 0 unspecified atom stereocenters. The Kier molecular flexibility index (Phi) is 5.62. The molecule has 0 fully saturated rings. The number of rotatable bonds is 4. The third kappa shape index (κ3) is 3.97. The third-order valence-electron chi connectivity index (χ3n) is 4.23. The summed E-state index contributed by atoms with van der Waals surface area (Å²) in [6.45, 7) is 0. The lowest BCUT2D eigenvalue weighted by Gasteiger charge is -2.11. The molecule has 0 aliphatic heterocycles. The summed E-state index contributed by atoms with van der Waals surface area (Å²) in [4.78, 5) is 27.7. The number of carbonyl (C=O) groups excluding carboxylic acids is 1. The Labute approximate surface area is 189 Å². The first-order valence-corrected chi connectivity index (χ1v) is 10.4. The molecule has 150 valence electrons. The predicted octanol–water partition coefficient (Wildman–Crippen LogP) is 7.08. The highest BCUT2D eigenvalue weighted by Crippen LogP contribution is 2.39. The van der Waals surface area contributed by atoms with Gasteiger partial charge in [-0.3, -0.25) is 14.9 Å². The van der Waals surface area contributed by atoms with Crippen LogP contribution in [0.1, 0.15) is 10.4 Å². The maximum absolute atomic E-state index is 12.7. The van der Waals surface area contributed by atoms with Crippen LogP contribution >= 0.6 is 46.1 Å². The van der Waals surface area contributed by atoms with Gasteiger partial charge in [0.05, 0.1) is 41.5 Å². The molecule has 0 atom stereocenters. The second-order valence-electron chi connectivity index (χ2n) is 6.17. The number of para-hydroxylation sites is 1. The van der Waals surface area contributed by atoms with Crippen molar-refractivity contribution in [1.29, 1.82) is 0 Å². The van der Waals surface area contributed by atoms with E-state index in [2.05, 4.69) is 10.3 Å². The van der Waals surface area contributed by atoms with Crippen molar-refractivity contribution in [3.8, 4) is 10.6 Å². The zero-order chi connectivity index (χ0) is 21.4. The quantitative estimate of drug-likeness (QED) is 0.251. The van der Waals surface area contributed by atoms with Gasteiger partial charge in [-0.05, 0) is 30.3 Å². The van der Waals surface area contributed by atoms with Gasteiger partial charge in [0, 0.05) is 17.7 Å². The van der Waals surface area contributed by atoms with Gasteiger partial charge in [0.25, 0.3) is 11.6 Å². The smallest absolute Gasteiger partial charge is 0.270 e. The highest BCUT2D eigenvalue weighted by atomic mass is 35.5. The van der Waals surface area contributed by atoms with E-state index in [0.717, 1.165) is 16.3 Å². The summed E-state index contributed by atoms with van der Waals surface area (Å²) in [5.41, 5.74) is 1.42. The fraction of sp³-hybridized carbons (Fsp3) is 0. The van der Waals surface area contributed by atoms with Crippen molar-refractivity contribution in [2.75, 3.05) is 5.32 Å². The number of halogens is 3. The maximum atomic E-state index is 12.7. The number of nitro benzene ring substituents is 1. The fourth-order valence-electron chi connectivity index (χ4n) is 2.79. The van der Waals surface area contributed by atoms with Crippen molar-refractivity contribution in [2.24, 2.45) is 0 Å². The number of nitro groups is 1. The monoisotopic (exact) mass is 477 g/mol. The number of anilines is 1. The summed E-state index contributed by atoms with van der Waals surface area (Å²) in [5, 5.41) is 15.0.